The van der Waals surface area contributed by atoms with Crippen LogP contribution >= 0.6 is 19.2 Å². The van der Waals surface area contributed by atoms with Crippen LogP contribution < -0.4 is 10.1 Å². The van der Waals surface area contributed by atoms with E-state index in [0.29, 0.717) is 0 Å². The molecular formula is C29H45ClN5O10PS. The number of hydrogen-bond donors (Lipinski definition) is 1. The summed E-state index contributed by atoms with van der Waals surface area (Å²) in [6, 6.07) is 0.0228. The molecule has 1 saturated carbocycles. The second kappa shape index (κ2) is 12.8. The zero-order valence-corrected chi connectivity index (χ0v) is 30.6. The molecule has 1 aliphatic carbocycles. The maximum Gasteiger partial charge on any atom is 0.414 e. The molecule has 0 spiro atoms. The fraction of sp³-hybridized carbons (Fsp3) is 0.793. The molecule has 5 rings (SSSR count). The molecule has 18 heteroatoms. The number of carbonyl (C=O) groups is 1. The summed E-state index contributed by atoms with van der Waals surface area (Å²) in [7, 11) is -8.43. The van der Waals surface area contributed by atoms with E-state index in [1.54, 1.807) is 55.4 Å². The monoisotopic (exact) mass is 721 g/mol. The maximum absolute atomic E-state index is 14.1. The van der Waals surface area contributed by atoms with Crippen LogP contribution in [0.4, 0.5) is 4.79 Å². The molecule has 3 aliphatic rings. The molecule has 2 aliphatic heterocycles. The van der Waals surface area contributed by atoms with Crippen molar-refractivity contribution >= 4 is 46.2 Å². The van der Waals surface area contributed by atoms with Crippen LogP contribution in [0.25, 0.3) is 11.0 Å². The average molecular weight is 722 g/mol. The number of nitrogens with zero attached hydrogens (tertiary/aromatic N) is 4. The molecule has 2 saturated heterocycles. The second-order valence-electron chi connectivity index (χ2n) is 14.6. The number of carbonyl (C=O) groups excluding carboxylic acids is 1. The standard InChI is InChI=1S/C29H45ClN5O10PS/c1-16(46(37,44-27(2,3)4)45-28(5,6)7)47(38,39)15-19-20-21(43-29(8,9)42-20)24(40-19)35-22-18(14-31-35)23(34-25(30)33-22)41-26(36)32-17-12-10-11-13-17/h14,16-17,19-21,24H,10-13,15H2,1-9H3,(H,32,36)/t16?,19-,20-,21-,24-/m1/s1. The Morgan fingerprint density at radius 1 is 1.11 bits per heavy atom. The third kappa shape index (κ3) is 8.29. The number of rotatable bonds is 9. The van der Waals surface area contributed by atoms with Gasteiger partial charge in [0.2, 0.25) is 11.2 Å². The van der Waals surface area contributed by atoms with Gasteiger partial charge in [-0.25, -0.2) is 17.9 Å². The molecule has 47 heavy (non-hydrogen) atoms. The minimum absolute atomic E-state index is 0.0228. The molecule has 2 aromatic heterocycles. The third-order valence-corrected chi connectivity index (χ3v) is 14.0. The Labute approximate surface area is 280 Å². The van der Waals surface area contributed by atoms with Gasteiger partial charge in [0.15, 0.2) is 32.5 Å². The summed E-state index contributed by atoms with van der Waals surface area (Å²) >= 11 is 6.25. The van der Waals surface area contributed by atoms with Crippen molar-refractivity contribution in [1.82, 2.24) is 25.1 Å². The molecule has 5 atom stereocenters. The third-order valence-electron chi connectivity index (χ3n) is 7.79. The number of ether oxygens (including phenoxy) is 4. The van der Waals surface area contributed by atoms with Gasteiger partial charge in [0.25, 0.3) is 0 Å². The molecular weight excluding hydrogens is 677 g/mol. The minimum atomic E-state index is -4.23. The Kier molecular flexibility index (Phi) is 9.88. The van der Waals surface area contributed by atoms with Gasteiger partial charge in [-0.3, -0.25) is 4.57 Å². The van der Waals surface area contributed by atoms with E-state index < -0.39 is 75.8 Å². The van der Waals surface area contributed by atoms with Crippen molar-refractivity contribution in [2.75, 3.05) is 5.75 Å². The molecule has 0 aromatic carbocycles. The van der Waals surface area contributed by atoms with E-state index in [9.17, 15) is 17.8 Å². The van der Waals surface area contributed by atoms with Crippen LogP contribution in [0.3, 0.4) is 0 Å². The van der Waals surface area contributed by atoms with E-state index in [-0.39, 0.29) is 28.2 Å². The lowest BCUT2D eigenvalue weighted by Crippen LogP contribution is -2.39. The summed E-state index contributed by atoms with van der Waals surface area (Å²) in [4.78, 5) is 19.5. The van der Waals surface area contributed by atoms with Crippen molar-refractivity contribution in [3.05, 3.63) is 11.5 Å². The number of halogens is 1. The number of amides is 1. The number of nitrogens with one attached hydrogen (secondary N) is 1. The Morgan fingerprint density at radius 3 is 2.30 bits per heavy atom. The molecule has 15 nitrogen and oxygen atoms in total. The lowest BCUT2D eigenvalue weighted by atomic mass is 10.1. The van der Waals surface area contributed by atoms with Crippen molar-refractivity contribution in [3.8, 4) is 5.88 Å². The molecule has 1 unspecified atom stereocenters. The lowest BCUT2D eigenvalue weighted by molar-refractivity contribution is -0.195. The maximum atomic E-state index is 14.1. The van der Waals surface area contributed by atoms with Crippen LogP contribution in [0.1, 0.15) is 94.2 Å². The first-order valence-corrected chi connectivity index (χ1v) is 19.4. The van der Waals surface area contributed by atoms with Crippen LogP contribution in [-0.4, -0.2) is 86.3 Å². The van der Waals surface area contributed by atoms with Gasteiger partial charge < -0.3 is 33.3 Å². The van der Waals surface area contributed by atoms with Crippen molar-refractivity contribution in [1.29, 1.82) is 0 Å². The van der Waals surface area contributed by atoms with Gasteiger partial charge in [-0.15, -0.1) is 0 Å². The minimum Gasteiger partial charge on any atom is -0.390 e. The number of fused-ring (bicyclic) bond motifs is 2. The lowest BCUT2D eigenvalue weighted by Gasteiger charge is -2.35. The van der Waals surface area contributed by atoms with Crippen LogP contribution in [0.15, 0.2) is 6.20 Å². The normalized spacial score (nSPS) is 26.1. The summed E-state index contributed by atoms with van der Waals surface area (Å²) in [5.41, 5.74) is -1.74. The van der Waals surface area contributed by atoms with Crippen molar-refractivity contribution in [2.24, 2.45) is 0 Å². The zero-order valence-electron chi connectivity index (χ0n) is 28.2. The molecule has 0 radical (unpaired) electrons. The molecule has 2 aromatic rings. The highest BCUT2D eigenvalue weighted by Crippen LogP contribution is 2.60. The summed E-state index contributed by atoms with van der Waals surface area (Å²) in [5.74, 6) is -1.77. The molecule has 1 N–H and O–H groups in total. The van der Waals surface area contributed by atoms with E-state index in [2.05, 4.69) is 20.4 Å². The summed E-state index contributed by atoms with van der Waals surface area (Å²) in [5, 5.41) is 7.34. The Balaban J connectivity index is 1.43. The molecule has 3 fully saturated rings. The topological polar surface area (TPSA) is 179 Å². The summed E-state index contributed by atoms with van der Waals surface area (Å²) in [6.07, 6.45) is 0.761. The average Bonchev–Trinajstić information content (AvgIpc) is 3.66. The molecule has 1 amide bonds. The molecule has 4 heterocycles. The highest BCUT2D eigenvalue weighted by molar-refractivity contribution is 7.98. The van der Waals surface area contributed by atoms with Gasteiger partial charge in [-0.1, -0.05) is 12.8 Å². The van der Waals surface area contributed by atoms with Gasteiger partial charge in [-0.2, -0.15) is 15.1 Å². The van der Waals surface area contributed by atoms with Crippen LogP contribution in [0.5, 0.6) is 5.88 Å². The van der Waals surface area contributed by atoms with Gasteiger partial charge in [-0.05, 0) is 86.8 Å². The van der Waals surface area contributed by atoms with Crippen LogP contribution in [0, 0.1) is 0 Å². The second-order valence-corrected chi connectivity index (χ2v) is 19.9. The van der Waals surface area contributed by atoms with Crippen LogP contribution in [-0.2, 0) is 37.7 Å². The quantitative estimate of drug-likeness (QED) is 0.253. The van der Waals surface area contributed by atoms with Gasteiger partial charge in [0.1, 0.15) is 23.7 Å². The fourth-order valence-corrected chi connectivity index (χ4v) is 11.1. The van der Waals surface area contributed by atoms with E-state index in [1.807, 2.05) is 0 Å². The van der Waals surface area contributed by atoms with E-state index in [1.165, 1.54) is 17.8 Å². The SMILES string of the molecule is CC(P(=O)(OC(C)(C)C)OC(C)(C)C)S(=O)(=O)C[C@H]1O[C@@H](n2ncc3c(OC(=O)NC4CCCC4)nc(Cl)nc32)[C@@H]2OC(C)(C)O[C@@H]21. The van der Waals surface area contributed by atoms with Gasteiger partial charge >= 0.3 is 13.7 Å². The number of sulfone groups is 1. The number of aromatic nitrogens is 4. The smallest absolute Gasteiger partial charge is 0.390 e. The highest BCUT2D eigenvalue weighted by Gasteiger charge is 2.58. The fourth-order valence-electron chi connectivity index (χ4n) is 5.98. The van der Waals surface area contributed by atoms with E-state index >= 15 is 0 Å². The summed E-state index contributed by atoms with van der Waals surface area (Å²) < 4.78 is 79.2. The van der Waals surface area contributed by atoms with E-state index in [4.69, 9.17) is 39.6 Å². The Hall–Kier alpha value is -1.91. The first-order valence-electron chi connectivity index (χ1n) is 15.7. The number of hydrogen-bond acceptors (Lipinski definition) is 13. The van der Waals surface area contributed by atoms with Crippen LogP contribution in [0.2, 0.25) is 5.28 Å². The molecule has 0 bridgehead atoms. The van der Waals surface area contributed by atoms with Gasteiger partial charge in [0, 0.05) is 6.04 Å². The molecule has 264 valence electrons. The first kappa shape index (κ1) is 36.4. The largest absolute Gasteiger partial charge is 0.414 e. The highest BCUT2D eigenvalue weighted by atomic mass is 35.5. The van der Waals surface area contributed by atoms with Crippen molar-refractivity contribution in [3.63, 3.8) is 0 Å². The first-order chi connectivity index (χ1) is 21.6. The Bertz CT molecular complexity index is 1630. The zero-order chi connectivity index (χ0) is 34.7. The van der Waals surface area contributed by atoms with Crippen molar-refractivity contribution < 1.29 is 45.8 Å². The van der Waals surface area contributed by atoms with E-state index in [0.717, 1.165) is 25.7 Å². The Morgan fingerprint density at radius 2 is 1.70 bits per heavy atom. The van der Waals surface area contributed by atoms with Crippen molar-refractivity contribution in [2.45, 2.75) is 141 Å². The predicted molar refractivity (Wildman–Crippen MR) is 172 cm³/mol. The van der Waals surface area contributed by atoms with Gasteiger partial charge in [0.05, 0.1) is 23.2 Å². The predicted octanol–water partition coefficient (Wildman–Crippen LogP) is 5.51. The summed E-state index contributed by atoms with van der Waals surface area (Å²) in [6.45, 7) is 14.8.